The normalized spacial score (nSPS) is 10.8. The summed E-state index contributed by atoms with van der Waals surface area (Å²) in [5.41, 5.74) is 3.26. The van der Waals surface area contributed by atoms with E-state index in [1.54, 1.807) is 19.1 Å². The molecule has 0 fully saturated rings. The van der Waals surface area contributed by atoms with E-state index in [1.807, 2.05) is 0 Å². The van der Waals surface area contributed by atoms with Crippen LogP contribution in [0.1, 0.15) is 11.3 Å². The van der Waals surface area contributed by atoms with Gasteiger partial charge in [-0.25, -0.2) is 9.89 Å². The lowest BCUT2D eigenvalue weighted by Crippen LogP contribution is -2.15. The molecule has 1 aromatic carbocycles. The highest BCUT2D eigenvalue weighted by Crippen LogP contribution is 2.34. The zero-order chi connectivity index (χ0) is 15.4. The number of benzene rings is 1. The lowest BCUT2D eigenvalue weighted by molar-refractivity contribution is 0.372. The number of halogens is 1. The van der Waals surface area contributed by atoms with Crippen molar-refractivity contribution >= 4 is 28.0 Å². The minimum Gasteiger partial charge on any atom is -0.503 e. The highest BCUT2D eigenvalue weighted by molar-refractivity contribution is 9.10. The molecule has 0 radical (unpaired) electrons. The fourth-order valence-corrected chi connectivity index (χ4v) is 1.95. The van der Waals surface area contributed by atoms with Crippen molar-refractivity contribution in [3.05, 3.63) is 38.3 Å². The third kappa shape index (κ3) is 3.57. The first-order valence-corrected chi connectivity index (χ1v) is 6.59. The largest absolute Gasteiger partial charge is 0.503 e. The molecule has 0 spiro atoms. The van der Waals surface area contributed by atoms with Crippen LogP contribution in [0.4, 0.5) is 5.82 Å². The van der Waals surface area contributed by atoms with Gasteiger partial charge in [-0.15, -0.1) is 0 Å². The SMILES string of the molecule is COc1cc(C=NNc2nc(=O)[nH]nc2C)cc(Br)c1O. The molecule has 1 heterocycles. The van der Waals surface area contributed by atoms with Crippen LogP contribution in [0.15, 0.2) is 26.5 Å². The number of ether oxygens (including phenoxy) is 1. The summed E-state index contributed by atoms with van der Waals surface area (Å²) in [5.74, 6) is 0.594. The summed E-state index contributed by atoms with van der Waals surface area (Å²) in [6.07, 6.45) is 1.50. The van der Waals surface area contributed by atoms with Crippen molar-refractivity contribution in [3.63, 3.8) is 0 Å². The first-order chi connectivity index (χ1) is 10.0. The van der Waals surface area contributed by atoms with E-state index >= 15 is 0 Å². The first-order valence-electron chi connectivity index (χ1n) is 5.80. The van der Waals surface area contributed by atoms with E-state index in [1.165, 1.54) is 13.3 Å². The average Bonchev–Trinajstić information content (AvgIpc) is 2.46. The number of methoxy groups -OCH3 is 1. The Labute approximate surface area is 128 Å². The Morgan fingerprint density at radius 3 is 3.00 bits per heavy atom. The fraction of sp³-hybridized carbons (Fsp3) is 0.167. The highest BCUT2D eigenvalue weighted by Gasteiger charge is 2.07. The molecular weight excluding hydrogens is 342 g/mol. The van der Waals surface area contributed by atoms with Gasteiger partial charge in [0.05, 0.1) is 17.8 Å². The molecule has 2 rings (SSSR count). The van der Waals surface area contributed by atoms with Gasteiger partial charge in [0.1, 0.15) is 5.69 Å². The second kappa shape index (κ2) is 6.35. The quantitative estimate of drug-likeness (QED) is 0.565. The Balaban J connectivity index is 2.20. The second-order valence-corrected chi connectivity index (χ2v) is 4.85. The summed E-state index contributed by atoms with van der Waals surface area (Å²) in [7, 11) is 1.45. The van der Waals surface area contributed by atoms with Gasteiger partial charge in [-0.1, -0.05) is 0 Å². The number of aromatic nitrogens is 3. The molecule has 0 atom stereocenters. The van der Waals surface area contributed by atoms with Crippen molar-refractivity contribution in [3.8, 4) is 11.5 Å². The molecular formula is C12H12BrN5O3. The third-order valence-corrected chi connectivity index (χ3v) is 3.13. The number of phenolic OH excluding ortho intramolecular Hbond substituents is 1. The van der Waals surface area contributed by atoms with E-state index in [2.05, 4.69) is 41.6 Å². The van der Waals surface area contributed by atoms with E-state index in [-0.39, 0.29) is 11.6 Å². The molecule has 110 valence electrons. The number of H-pyrrole nitrogens is 1. The molecule has 0 saturated carbocycles. The minimum atomic E-state index is -0.563. The van der Waals surface area contributed by atoms with Crippen molar-refractivity contribution in [1.82, 2.24) is 15.2 Å². The van der Waals surface area contributed by atoms with Crippen molar-refractivity contribution in [2.75, 3.05) is 12.5 Å². The molecule has 0 aliphatic carbocycles. The molecule has 0 bridgehead atoms. The number of nitrogens with one attached hydrogen (secondary N) is 2. The molecule has 21 heavy (non-hydrogen) atoms. The van der Waals surface area contributed by atoms with Gasteiger partial charge in [-0.2, -0.15) is 15.2 Å². The van der Waals surface area contributed by atoms with Crippen molar-refractivity contribution < 1.29 is 9.84 Å². The topological polar surface area (TPSA) is 112 Å². The number of hydrogen-bond donors (Lipinski definition) is 3. The van der Waals surface area contributed by atoms with Crippen LogP contribution >= 0.6 is 15.9 Å². The maximum Gasteiger partial charge on any atom is 0.363 e. The summed E-state index contributed by atoms with van der Waals surface area (Å²) in [4.78, 5) is 14.8. The van der Waals surface area contributed by atoms with Crippen LogP contribution in [0.3, 0.4) is 0 Å². The number of rotatable bonds is 4. The van der Waals surface area contributed by atoms with Gasteiger partial charge < -0.3 is 9.84 Å². The van der Waals surface area contributed by atoms with Gasteiger partial charge in [0, 0.05) is 0 Å². The van der Waals surface area contributed by atoms with Crippen molar-refractivity contribution in [2.45, 2.75) is 6.92 Å². The summed E-state index contributed by atoms with van der Waals surface area (Å²) in [5, 5.41) is 19.7. The Morgan fingerprint density at radius 1 is 1.52 bits per heavy atom. The number of phenols is 1. The van der Waals surface area contributed by atoms with E-state index < -0.39 is 5.69 Å². The number of hydrazone groups is 1. The highest BCUT2D eigenvalue weighted by atomic mass is 79.9. The zero-order valence-corrected chi connectivity index (χ0v) is 12.8. The number of hydrogen-bond acceptors (Lipinski definition) is 7. The molecule has 0 aliphatic heterocycles. The van der Waals surface area contributed by atoms with Crippen molar-refractivity contribution in [2.24, 2.45) is 5.10 Å². The van der Waals surface area contributed by atoms with E-state index in [9.17, 15) is 9.90 Å². The number of aromatic amines is 1. The van der Waals surface area contributed by atoms with E-state index in [0.29, 0.717) is 21.5 Å². The zero-order valence-electron chi connectivity index (χ0n) is 11.2. The molecule has 8 nitrogen and oxygen atoms in total. The van der Waals surface area contributed by atoms with Crippen LogP contribution in [0.25, 0.3) is 0 Å². The molecule has 0 amide bonds. The molecule has 9 heteroatoms. The third-order valence-electron chi connectivity index (χ3n) is 2.53. The van der Waals surface area contributed by atoms with Crippen LogP contribution in [-0.2, 0) is 0 Å². The van der Waals surface area contributed by atoms with Crippen LogP contribution in [0, 0.1) is 6.92 Å². The van der Waals surface area contributed by atoms with Gasteiger partial charge >= 0.3 is 5.69 Å². The van der Waals surface area contributed by atoms with E-state index in [0.717, 1.165) is 0 Å². The molecule has 0 saturated heterocycles. The molecule has 1 aromatic heterocycles. The number of nitrogens with zero attached hydrogens (tertiary/aromatic N) is 3. The second-order valence-electron chi connectivity index (χ2n) is 4.00. The van der Waals surface area contributed by atoms with Gasteiger partial charge in [0.15, 0.2) is 17.3 Å². The number of anilines is 1. The maximum atomic E-state index is 11.1. The molecule has 2 aromatic rings. The molecule has 0 unspecified atom stereocenters. The Hall–Kier alpha value is -2.42. The van der Waals surface area contributed by atoms with Crippen molar-refractivity contribution in [1.29, 1.82) is 0 Å². The van der Waals surface area contributed by atoms with Crippen LogP contribution in [0.5, 0.6) is 11.5 Å². The van der Waals surface area contributed by atoms with E-state index in [4.69, 9.17) is 4.74 Å². The van der Waals surface area contributed by atoms with Gasteiger partial charge in [0.2, 0.25) is 0 Å². The first kappa shape index (κ1) is 15.0. The minimum absolute atomic E-state index is 0.0129. The van der Waals surface area contributed by atoms with Gasteiger partial charge in [0.25, 0.3) is 0 Å². The standard InChI is InChI=1S/C12H12BrN5O3/c1-6-11(15-12(20)18-16-6)17-14-5-7-3-8(13)10(19)9(4-7)21-2/h3-5,19H,1-2H3,(H2,15,17,18,20). The predicted octanol–water partition coefficient (Wildman–Crippen LogP) is 1.40. The number of aromatic hydroxyl groups is 1. The van der Waals surface area contributed by atoms with Crippen LogP contribution in [-0.4, -0.2) is 33.6 Å². The summed E-state index contributed by atoms with van der Waals surface area (Å²) < 4.78 is 5.52. The predicted molar refractivity (Wildman–Crippen MR) is 81.0 cm³/mol. The van der Waals surface area contributed by atoms with Gasteiger partial charge in [-0.05, 0) is 40.5 Å². The lowest BCUT2D eigenvalue weighted by atomic mass is 10.2. The maximum absolute atomic E-state index is 11.1. The van der Waals surface area contributed by atoms with Crippen LogP contribution < -0.4 is 15.9 Å². The number of aryl methyl sites for hydroxylation is 1. The smallest absolute Gasteiger partial charge is 0.363 e. The summed E-state index contributed by atoms with van der Waals surface area (Å²) >= 11 is 3.22. The average molecular weight is 354 g/mol. The van der Waals surface area contributed by atoms with Crippen LogP contribution in [0.2, 0.25) is 0 Å². The molecule has 3 N–H and O–H groups in total. The fourth-order valence-electron chi connectivity index (χ4n) is 1.49. The van der Waals surface area contributed by atoms with Gasteiger partial charge in [-0.3, -0.25) is 5.43 Å². The Bertz CT molecular complexity index is 744. The Morgan fingerprint density at radius 2 is 2.29 bits per heavy atom. The lowest BCUT2D eigenvalue weighted by Gasteiger charge is -2.06. The summed E-state index contributed by atoms with van der Waals surface area (Å²) in [6, 6.07) is 3.28. The molecule has 0 aliphatic rings. The Kier molecular flexibility index (Phi) is 4.53. The monoisotopic (exact) mass is 353 g/mol. The summed E-state index contributed by atoms with van der Waals surface area (Å²) in [6.45, 7) is 1.68.